The molecule has 0 unspecified atom stereocenters. The third-order valence-electron chi connectivity index (χ3n) is 18.0. The second-order valence-corrected chi connectivity index (χ2v) is 24.6. The lowest BCUT2D eigenvalue weighted by Gasteiger charge is -2.23. The van der Waals surface area contributed by atoms with Crippen LogP contribution in [0, 0.1) is 0 Å². The first-order chi connectivity index (χ1) is 41.7. The average molecular weight is 1100 g/mol. The van der Waals surface area contributed by atoms with Crippen molar-refractivity contribution < 1.29 is 0 Å². The molecule has 0 saturated heterocycles. The molecule has 388 valence electrons. The molecule has 0 nitrogen and oxygen atoms in total. The fraction of sp³-hybridized carbons (Fsp3) is 0. The van der Waals surface area contributed by atoms with Crippen LogP contribution >= 0.6 is 23.1 Å². The third kappa shape index (κ3) is 7.08. The Labute approximate surface area is 494 Å². The molecule has 0 bridgehead atoms. The van der Waals surface area contributed by atoms with E-state index in [4.69, 9.17) is 0 Å². The summed E-state index contributed by atoms with van der Waals surface area (Å²) in [4.78, 5) is 2.59. The molecule has 0 saturated carbocycles. The molecule has 18 rings (SSSR count). The molecule has 0 amide bonds. The van der Waals surface area contributed by atoms with Crippen molar-refractivity contribution in [3.63, 3.8) is 0 Å². The van der Waals surface area contributed by atoms with Gasteiger partial charge in [-0.2, -0.15) is 0 Å². The largest absolute Gasteiger partial charge is 0.135 e. The van der Waals surface area contributed by atoms with Crippen LogP contribution in [-0.2, 0) is 0 Å². The zero-order chi connectivity index (χ0) is 55.0. The van der Waals surface area contributed by atoms with Crippen LogP contribution in [0.25, 0.3) is 173 Å². The molecular formula is C82H48S2. The van der Waals surface area contributed by atoms with Crippen LogP contribution in [0.2, 0.25) is 0 Å². The molecule has 16 aromatic carbocycles. The third-order valence-corrected chi connectivity index (χ3v) is 20.3. The van der Waals surface area contributed by atoms with E-state index >= 15 is 0 Å². The number of fused-ring (bicyclic) bond motifs is 12. The predicted octanol–water partition coefficient (Wildman–Crippen LogP) is 24.3. The summed E-state index contributed by atoms with van der Waals surface area (Å²) >= 11 is 3.84. The van der Waals surface area contributed by atoms with E-state index in [1.807, 2.05) is 23.1 Å². The van der Waals surface area contributed by atoms with Gasteiger partial charge in [0.25, 0.3) is 0 Å². The summed E-state index contributed by atoms with van der Waals surface area (Å²) in [5.41, 5.74) is 17.6. The fourth-order valence-electron chi connectivity index (χ4n) is 14.5. The van der Waals surface area contributed by atoms with E-state index in [1.54, 1.807) is 0 Å². The lowest BCUT2D eigenvalue weighted by Crippen LogP contribution is -1.95. The zero-order valence-electron chi connectivity index (χ0n) is 45.5. The maximum absolute atomic E-state index is 2.50. The van der Waals surface area contributed by atoms with Crippen LogP contribution in [0.1, 0.15) is 0 Å². The molecule has 0 atom stereocenters. The molecule has 0 spiro atoms. The topological polar surface area (TPSA) is 0 Å². The summed E-state index contributed by atoms with van der Waals surface area (Å²) in [6, 6.07) is 109. The molecule has 0 N–H and O–H groups in total. The molecule has 2 heterocycles. The van der Waals surface area contributed by atoms with Crippen molar-refractivity contribution in [1.82, 2.24) is 0 Å². The van der Waals surface area contributed by atoms with Crippen LogP contribution in [0.5, 0.6) is 0 Å². The number of hydrogen-bond acceptors (Lipinski definition) is 2. The molecule has 0 fully saturated rings. The lowest BCUT2D eigenvalue weighted by atomic mass is 9.83. The van der Waals surface area contributed by atoms with Crippen LogP contribution in [-0.4, -0.2) is 0 Å². The Morgan fingerprint density at radius 3 is 1.11 bits per heavy atom. The number of thiophene rings is 1. The van der Waals surface area contributed by atoms with E-state index < -0.39 is 0 Å². The normalized spacial score (nSPS) is 12.2. The minimum absolute atomic E-state index is 1.23. The van der Waals surface area contributed by atoms with Crippen LogP contribution < -0.4 is 0 Å². The summed E-state index contributed by atoms with van der Waals surface area (Å²) in [5.74, 6) is 0. The molecule has 0 aliphatic carbocycles. The summed E-state index contributed by atoms with van der Waals surface area (Å²) < 4.78 is 2.62. The minimum atomic E-state index is 1.23. The van der Waals surface area contributed by atoms with E-state index in [9.17, 15) is 0 Å². The number of rotatable bonds is 6. The van der Waals surface area contributed by atoms with Gasteiger partial charge in [0.1, 0.15) is 0 Å². The summed E-state index contributed by atoms with van der Waals surface area (Å²) in [6.07, 6.45) is 0. The highest BCUT2D eigenvalue weighted by Crippen LogP contribution is 2.55. The molecule has 17 aromatic rings. The Morgan fingerprint density at radius 1 is 0.190 bits per heavy atom. The molecule has 1 aliphatic rings. The molecular weight excluding hydrogens is 1050 g/mol. The lowest BCUT2D eigenvalue weighted by molar-refractivity contribution is 1.40. The van der Waals surface area contributed by atoms with Gasteiger partial charge in [-0.1, -0.05) is 279 Å². The first-order valence-electron chi connectivity index (χ1n) is 29.0. The first kappa shape index (κ1) is 47.5. The van der Waals surface area contributed by atoms with Gasteiger partial charge >= 0.3 is 0 Å². The first-order valence-corrected chi connectivity index (χ1v) is 30.6. The SMILES string of the molecule is c1ccc(-c2c3ccccc3c(-c3ccc4c(c3)Sc3cccc5c3c-4cc3sc4cc(-c6c7ccccc7c(-c7ccccc7-c7cccc8ccccc78)c7ccccc67)ccc4c35)c3ccccc23)c(-c2cccc3ccccc23)c1. The maximum atomic E-state index is 2.50. The standard InChI is InChI=1S/C82H48S2/c1-3-24-53-49(20-1)22-17-38-55(53)57-26-5-7-28-60(57)79-66-34-13-9-30-62(66)77(63-31-10-14-35-67(63)79)51-42-44-59-72-48-76-81(71-40-19-41-73(82(71)72)83-74(59)46-51)70-45-43-52(47-75(70)84-76)78-64-32-11-15-36-68(64)80(69-37-16-12-33-65(69)78)61-29-8-6-27-58(61)56-39-18-23-50-21-2-4-25-54(50)56/h1-48H. The van der Waals surface area contributed by atoms with Crippen molar-refractivity contribution in [3.05, 3.63) is 291 Å². The zero-order valence-corrected chi connectivity index (χ0v) is 47.2. The smallest absolute Gasteiger partial charge is 0.0368 e. The highest BCUT2D eigenvalue weighted by molar-refractivity contribution is 7.99. The van der Waals surface area contributed by atoms with Gasteiger partial charge in [-0.3, -0.25) is 0 Å². The van der Waals surface area contributed by atoms with Crippen molar-refractivity contribution in [2.45, 2.75) is 9.79 Å². The summed E-state index contributed by atoms with van der Waals surface area (Å²) in [7, 11) is 0. The molecule has 1 aliphatic heterocycles. The highest BCUT2D eigenvalue weighted by atomic mass is 32.2. The number of hydrogen-bond donors (Lipinski definition) is 0. The second kappa shape index (κ2) is 18.7. The van der Waals surface area contributed by atoms with Gasteiger partial charge in [0, 0.05) is 35.3 Å². The average Bonchev–Trinajstić information content (AvgIpc) is 1.56. The predicted molar refractivity (Wildman–Crippen MR) is 364 cm³/mol. The van der Waals surface area contributed by atoms with Gasteiger partial charge in [-0.15, -0.1) is 11.3 Å². The van der Waals surface area contributed by atoms with Crippen LogP contribution in [0.15, 0.2) is 301 Å². The Balaban J connectivity index is 0.781. The van der Waals surface area contributed by atoms with Crippen molar-refractivity contribution in [1.29, 1.82) is 0 Å². The van der Waals surface area contributed by atoms with Crippen molar-refractivity contribution in [2.24, 2.45) is 0 Å². The molecule has 0 radical (unpaired) electrons. The van der Waals surface area contributed by atoms with Gasteiger partial charge in [0.15, 0.2) is 0 Å². The van der Waals surface area contributed by atoms with Gasteiger partial charge in [-0.05, 0) is 172 Å². The van der Waals surface area contributed by atoms with Crippen molar-refractivity contribution in [3.8, 4) is 77.9 Å². The number of benzene rings is 16. The van der Waals surface area contributed by atoms with Crippen LogP contribution in [0.3, 0.4) is 0 Å². The van der Waals surface area contributed by atoms with E-state index in [2.05, 4.69) is 291 Å². The van der Waals surface area contributed by atoms with Gasteiger partial charge < -0.3 is 0 Å². The van der Waals surface area contributed by atoms with E-state index in [0.717, 1.165) is 0 Å². The van der Waals surface area contributed by atoms with Crippen molar-refractivity contribution >= 4 is 119 Å². The van der Waals surface area contributed by atoms with E-state index in [1.165, 1.54) is 183 Å². The van der Waals surface area contributed by atoms with E-state index in [0.29, 0.717) is 0 Å². The van der Waals surface area contributed by atoms with Crippen molar-refractivity contribution in [2.75, 3.05) is 0 Å². The minimum Gasteiger partial charge on any atom is -0.135 e. The summed E-state index contributed by atoms with van der Waals surface area (Å²) in [6.45, 7) is 0. The van der Waals surface area contributed by atoms with Gasteiger partial charge in [0.05, 0.1) is 0 Å². The highest BCUT2D eigenvalue weighted by Gasteiger charge is 2.26. The fourth-order valence-corrected chi connectivity index (χ4v) is 16.9. The Bertz CT molecular complexity index is 5540. The van der Waals surface area contributed by atoms with E-state index in [-0.39, 0.29) is 0 Å². The quantitative estimate of drug-likeness (QED) is 0.150. The molecule has 84 heavy (non-hydrogen) atoms. The van der Waals surface area contributed by atoms with Gasteiger partial charge in [0.2, 0.25) is 0 Å². The Hall–Kier alpha value is -10.1. The summed E-state index contributed by atoms with van der Waals surface area (Å²) in [5, 5.41) is 20.4. The maximum Gasteiger partial charge on any atom is 0.0368 e. The Kier molecular flexibility index (Phi) is 10.6. The monoisotopic (exact) mass is 1100 g/mol. The molecule has 1 aromatic heterocycles. The van der Waals surface area contributed by atoms with Gasteiger partial charge in [-0.25, -0.2) is 0 Å². The Morgan fingerprint density at radius 2 is 0.583 bits per heavy atom. The molecule has 2 heteroatoms. The van der Waals surface area contributed by atoms with Crippen LogP contribution in [0.4, 0.5) is 0 Å². The second-order valence-electron chi connectivity index (χ2n) is 22.4.